The van der Waals surface area contributed by atoms with Crippen molar-refractivity contribution in [2.45, 2.75) is 38.8 Å². The van der Waals surface area contributed by atoms with Crippen molar-refractivity contribution in [3.63, 3.8) is 0 Å². The molecule has 1 unspecified atom stereocenters. The summed E-state index contributed by atoms with van der Waals surface area (Å²) in [6, 6.07) is 14.3. The molecular formula is C21H29IN4O. The number of pyridine rings is 1. The lowest BCUT2D eigenvalue weighted by molar-refractivity contribution is 0.0243. The normalized spacial score (nSPS) is 19.4. The predicted octanol–water partition coefficient (Wildman–Crippen LogP) is 3.99. The number of aromatic nitrogens is 1. The Morgan fingerprint density at radius 1 is 1.22 bits per heavy atom. The van der Waals surface area contributed by atoms with Gasteiger partial charge in [0.2, 0.25) is 0 Å². The summed E-state index contributed by atoms with van der Waals surface area (Å²) >= 11 is 0. The second kappa shape index (κ2) is 10.6. The van der Waals surface area contributed by atoms with Gasteiger partial charge in [0.25, 0.3) is 0 Å². The largest absolute Gasteiger partial charge is 0.373 e. The zero-order valence-electron chi connectivity index (χ0n) is 16.1. The summed E-state index contributed by atoms with van der Waals surface area (Å²) in [6.45, 7) is 7.31. The molecular weight excluding hydrogens is 451 g/mol. The molecule has 27 heavy (non-hydrogen) atoms. The van der Waals surface area contributed by atoms with E-state index in [0.29, 0.717) is 6.54 Å². The highest BCUT2D eigenvalue weighted by molar-refractivity contribution is 14.0. The van der Waals surface area contributed by atoms with Gasteiger partial charge in [-0.25, -0.2) is 4.99 Å². The van der Waals surface area contributed by atoms with Crippen molar-refractivity contribution in [2.75, 3.05) is 19.7 Å². The third-order valence-corrected chi connectivity index (χ3v) is 4.58. The van der Waals surface area contributed by atoms with Crippen LogP contribution in [-0.4, -0.2) is 36.2 Å². The highest BCUT2D eigenvalue weighted by Gasteiger charge is 2.29. The van der Waals surface area contributed by atoms with Crippen molar-refractivity contribution in [3.05, 3.63) is 54.2 Å². The van der Waals surface area contributed by atoms with Crippen LogP contribution in [0.1, 0.15) is 32.3 Å². The van der Waals surface area contributed by atoms with Gasteiger partial charge in [-0.05, 0) is 50.5 Å². The van der Waals surface area contributed by atoms with Crippen molar-refractivity contribution in [3.8, 4) is 11.3 Å². The van der Waals surface area contributed by atoms with Crippen molar-refractivity contribution >= 4 is 29.9 Å². The summed E-state index contributed by atoms with van der Waals surface area (Å²) < 4.78 is 5.84. The number of nitrogens with one attached hydrogen (secondary N) is 2. The maximum Gasteiger partial charge on any atom is 0.191 e. The van der Waals surface area contributed by atoms with E-state index < -0.39 is 0 Å². The van der Waals surface area contributed by atoms with Crippen molar-refractivity contribution < 1.29 is 4.74 Å². The van der Waals surface area contributed by atoms with Gasteiger partial charge in [-0.2, -0.15) is 0 Å². The lowest BCUT2D eigenvalue weighted by Gasteiger charge is -2.24. The number of rotatable bonds is 6. The molecule has 1 aliphatic heterocycles. The molecule has 2 heterocycles. The summed E-state index contributed by atoms with van der Waals surface area (Å²) in [7, 11) is 0. The molecule has 6 heteroatoms. The first-order valence-corrected chi connectivity index (χ1v) is 9.35. The van der Waals surface area contributed by atoms with Crippen LogP contribution in [-0.2, 0) is 11.3 Å². The molecule has 1 fully saturated rings. The Kier molecular flexibility index (Phi) is 8.50. The second-order valence-corrected chi connectivity index (χ2v) is 6.87. The lowest BCUT2D eigenvalue weighted by atomic mass is 10.0. The van der Waals surface area contributed by atoms with Gasteiger partial charge in [0, 0.05) is 31.5 Å². The standard InChI is InChI=1S/C21H28N4O.HI/c1-3-22-20(25-16-21(2)11-7-13-26-21)24-15-17-8-6-9-18(14-17)19-10-4-5-12-23-19;/h4-6,8-10,12,14H,3,7,11,13,15-16H2,1-2H3,(H2,22,24,25);1H. The quantitative estimate of drug-likeness (QED) is 0.373. The molecule has 3 rings (SSSR count). The molecule has 2 aromatic rings. The molecule has 2 N–H and O–H groups in total. The third kappa shape index (κ3) is 6.46. The van der Waals surface area contributed by atoms with E-state index in [1.807, 2.05) is 24.4 Å². The Hall–Kier alpha value is -1.67. The summed E-state index contributed by atoms with van der Waals surface area (Å²) in [4.78, 5) is 9.15. The Labute approximate surface area is 179 Å². The van der Waals surface area contributed by atoms with Gasteiger partial charge in [-0.3, -0.25) is 4.98 Å². The highest BCUT2D eigenvalue weighted by Crippen LogP contribution is 2.23. The van der Waals surface area contributed by atoms with Gasteiger partial charge in [-0.15, -0.1) is 24.0 Å². The van der Waals surface area contributed by atoms with Crippen LogP contribution in [0.5, 0.6) is 0 Å². The monoisotopic (exact) mass is 480 g/mol. The molecule has 0 amide bonds. The Balaban J connectivity index is 0.00000261. The Morgan fingerprint density at radius 3 is 2.81 bits per heavy atom. The fourth-order valence-corrected chi connectivity index (χ4v) is 3.12. The molecule has 1 saturated heterocycles. The lowest BCUT2D eigenvalue weighted by Crippen LogP contribution is -2.45. The van der Waals surface area contributed by atoms with Gasteiger partial charge < -0.3 is 15.4 Å². The van der Waals surface area contributed by atoms with Crippen LogP contribution in [0.4, 0.5) is 0 Å². The van der Waals surface area contributed by atoms with Crippen LogP contribution in [0.2, 0.25) is 0 Å². The third-order valence-electron chi connectivity index (χ3n) is 4.58. The maximum atomic E-state index is 5.84. The molecule has 1 aliphatic rings. The summed E-state index contributed by atoms with van der Waals surface area (Å²) in [5.74, 6) is 0.826. The van der Waals surface area contributed by atoms with E-state index in [2.05, 4.69) is 53.7 Å². The number of guanidine groups is 1. The Bertz CT molecular complexity index is 730. The molecule has 0 saturated carbocycles. The number of nitrogens with zero attached hydrogens (tertiary/aromatic N) is 2. The van der Waals surface area contributed by atoms with Gasteiger partial charge >= 0.3 is 0 Å². The van der Waals surface area contributed by atoms with Gasteiger partial charge in [0.15, 0.2) is 5.96 Å². The molecule has 0 aliphatic carbocycles. The molecule has 146 valence electrons. The van der Waals surface area contributed by atoms with Gasteiger partial charge in [-0.1, -0.05) is 24.3 Å². The molecule has 0 radical (unpaired) electrons. The Morgan fingerprint density at radius 2 is 2.11 bits per heavy atom. The number of hydrogen-bond acceptors (Lipinski definition) is 3. The topological polar surface area (TPSA) is 58.5 Å². The smallest absolute Gasteiger partial charge is 0.191 e. The minimum Gasteiger partial charge on any atom is -0.373 e. The van der Waals surface area contributed by atoms with E-state index in [-0.39, 0.29) is 29.6 Å². The first-order valence-electron chi connectivity index (χ1n) is 9.35. The van der Waals surface area contributed by atoms with E-state index in [1.54, 1.807) is 0 Å². The van der Waals surface area contributed by atoms with Crippen LogP contribution < -0.4 is 10.6 Å². The van der Waals surface area contributed by atoms with Crippen LogP contribution in [0, 0.1) is 0 Å². The van der Waals surface area contributed by atoms with Crippen LogP contribution in [0.25, 0.3) is 11.3 Å². The number of aliphatic imine (C=N–C) groups is 1. The number of halogens is 1. The molecule has 1 aromatic carbocycles. The minimum absolute atomic E-state index is 0. The summed E-state index contributed by atoms with van der Waals surface area (Å²) in [5.41, 5.74) is 3.17. The van der Waals surface area contributed by atoms with Crippen LogP contribution >= 0.6 is 24.0 Å². The van der Waals surface area contributed by atoms with Crippen molar-refractivity contribution in [1.82, 2.24) is 15.6 Å². The average molecular weight is 480 g/mol. The van der Waals surface area contributed by atoms with E-state index >= 15 is 0 Å². The van der Waals surface area contributed by atoms with Crippen LogP contribution in [0.3, 0.4) is 0 Å². The van der Waals surface area contributed by atoms with E-state index in [9.17, 15) is 0 Å². The van der Waals surface area contributed by atoms with Gasteiger partial charge in [0.1, 0.15) is 0 Å². The summed E-state index contributed by atoms with van der Waals surface area (Å²) in [5, 5.41) is 6.73. The van der Waals surface area contributed by atoms with Crippen LogP contribution in [0.15, 0.2) is 53.7 Å². The van der Waals surface area contributed by atoms with Crippen molar-refractivity contribution in [1.29, 1.82) is 0 Å². The molecule has 1 atom stereocenters. The molecule has 0 bridgehead atoms. The highest BCUT2D eigenvalue weighted by atomic mass is 127. The number of ether oxygens (including phenoxy) is 1. The first kappa shape index (κ1) is 21.6. The first-order chi connectivity index (χ1) is 12.7. The van der Waals surface area contributed by atoms with Crippen molar-refractivity contribution in [2.24, 2.45) is 4.99 Å². The zero-order valence-corrected chi connectivity index (χ0v) is 18.4. The maximum absolute atomic E-state index is 5.84. The number of hydrogen-bond donors (Lipinski definition) is 2. The van der Waals surface area contributed by atoms with E-state index in [1.165, 1.54) is 0 Å². The summed E-state index contributed by atoms with van der Waals surface area (Å²) in [6.07, 6.45) is 4.04. The van der Waals surface area contributed by atoms with E-state index in [0.717, 1.165) is 55.3 Å². The predicted molar refractivity (Wildman–Crippen MR) is 121 cm³/mol. The average Bonchev–Trinajstić information content (AvgIpc) is 3.12. The van der Waals surface area contributed by atoms with E-state index in [4.69, 9.17) is 9.73 Å². The molecule has 5 nitrogen and oxygen atoms in total. The molecule has 0 spiro atoms. The second-order valence-electron chi connectivity index (χ2n) is 6.87. The van der Waals surface area contributed by atoms with Gasteiger partial charge in [0.05, 0.1) is 17.8 Å². The fourth-order valence-electron chi connectivity index (χ4n) is 3.12. The molecule has 1 aromatic heterocycles. The SMILES string of the molecule is CCNC(=NCc1cccc(-c2ccccn2)c1)NCC1(C)CCCO1.I. The minimum atomic E-state index is -0.0882. The fraction of sp³-hybridized carbons (Fsp3) is 0.429. The zero-order chi connectivity index (χ0) is 18.2. The number of benzene rings is 1.